The Morgan fingerprint density at radius 1 is 1.59 bits per heavy atom. The van der Waals surface area contributed by atoms with Gasteiger partial charge in [0.25, 0.3) is 0 Å². The highest BCUT2D eigenvalue weighted by Gasteiger charge is 2.41. The van der Waals surface area contributed by atoms with Gasteiger partial charge in [0, 0.05) is 19.7 Å². The lowest BCUT2D eigenvalue weighted by atomic mass is 10.1. The fourth-order valence-corrected chi connectivity index (χ4v) is 1.47. The number of pyridine rings is 1. The smallest absolute Gasteiger partial charge is 0.217 e. The summed E-state index contributed by atoms with van der Waals surface area (Å²) in [6.45, 7) is 2.05. The molecule has 0 aliphatic heterocycles. The molecular weight excluding hydrogens is 221 g/mol. The summed E-state index contributed by atoms with van der Waals surface area (Å²) in [5.41, 5.74) is 7.82. The van der Waals surface area contributed by atoms with E-state index in [4.69, 9.17) is 5.73 Å². The van der Waals surface area contributed by atoms with Gasteiger partial charge in [-0.1, -0.05) is 0 Å². The Balaban J connectivity index is 0.000000686. The maximum Gasteiger partial charge on any atom is 0.217 e. The van der Waals surface area contributed by atoms with Crippen molar-refractivity contribution in [2.75, 3.05) is 7.18 Å². The standard InChI is InChI=1S/C11H15N3O.CH3F/c1-8(15)14-7-9-2-5-13-10(6-9)11(12)3-4-11;1-2/h2,5-6H,3-4,7,12H2,1H3,(H,14,15);1H3. The van der Waals surface area contributed by atoms with E-state index in [9.17, 15) is 9.18 Å². The molecule has 0 atom stereocenters. The predicted octanol–water partition coefficient (Wildman–Crippen LogP) is 1.25. The molecule has 3 N–H and O–H groups in total. The molecule has 1 aliphatic carbocycles. The summed E-state index contributed by atoms with van der Waals surface area (Å²) in [6, 6.07) is 3.87. The summed E-state index contributed by atoms with van der Waals surface area (Å²) >= 11 is 0. The fraction of sp³-hybridized carbons (Fsp3) is 0.500. The van der Waals surface area contributed by atoms with Crippen molar-refractivity contribution < 1.29 is 9.18 Å². The molecule has 2 rings (SSSR count). The van der Waals surface area contributed by atoms with E-state index >= 15 is 0 Å². The zero-order valence-electron chi connectivity index (χ0n) is 10.2. The van der Waals surface area contributed by atoms with Gasteiger partial charge in [0.15, 0.2) is 0 Å². The molecule has 0 unspecified atom stereocenters. The number of nitrogens with one attached hydrogen (secondary N) is 1. The zero-order valence-corrected chi connectivity index (χ0v) is 10.2. The van der Waals surface area contributed by atoms with Gasteiger partial charge < -0.3 is 11.1 Å². The van der Waals surface area contributed by atoms with Crippen LogP contribution in [0, 0.1) is 0 Å². The summed E-state index contributed by atoms with van der Waals surface area (Å²) in [5, 5.41) is 2.75. The lowest BCUT2D eigenvalue weighted by molar-refractivity contribution is -0.119. The molecular formula is C12H18FN3O. The van der Waals surface area contributed by atoms with Crippen molar-refractivity contribution >= 4 is 5.91 Å². The first-order chi connectivity index (χ1) is 8.10. The third-order valence-electron chi connectivity index (χ3n) is 2.66. The van der Waals surface area contributed by atoms with Crippen LogP contribution in [0.15, 0.2) is 18.3 Å². The molecule has 1 aromatic heterocycles. The van der Waals surface area contributed by atoms with E-state index in [1.807, 2.05) is 12.1 Å². The molecule has 1 amide bonds. The molecule has 1 saturated carbocycles. The maximum absolute atomic E-state index is 10.8. The van der Waals surface area contributed by atoms with Gasteiger partial charge >= 0.3 is 0 Å². The molecule has 0 aromatic carbocycles. The summed E-state index contributed by atoms with van der Waals surface area (Å²) in [6.07, 6.45) is 3.76. The van der Waals surface area contributed by atoms with E-state index in [1.54, 1.807) is 6.20 Å². The van der Waals surface area contributed by atoms with Crippen LogP contribution >= 0.6 is 0 Å². The molecule has 5 heteroatoms. The third kappa shape index (κ3) is 3.78. The molecule has 0 saturated heterocycles. The van der Waals surface area contributed by atoms with Gasteiger partial charge in [0.1, 0.15) is 0 Å². The van der Waals surface area contributed by atoms with Crippen molar-refractivity contribution in [2.24, 2.45) is 5.73 Å². The van der Waals surface area contributed by atoms with E-state index in [2.05, 4.69) is 10.3 Å². The largest absolute Gasteiger partial charge is 0.352 e. The molecule has 1 fully saturated rings. The van der Waals surface area contributed by atoms with Crippen LogP contribution in [0.4, 0.5) is 4.39 Å². The minimum Gasteiger partial charge on any atom is -0.352 e. The molecule has 0 bridgehead atoms. The second kappa shape index (κ2) is 5.72. The number of nitrogens with zero attached hydrogens (tertiary/aromatic N) is 1. The summed E-state index contributed by atoms with van der Waals surface area (Å²) in [5.74, 6) is -0.0257. The number of aromatic nitrogens is 1. The second-order valence-corrected chi connectivity index (χ2v) is 4.12. The zero-order chi connectivity index (χ0) is 12.9. The summed E-state index contributed by atoms with van der Waals surface area (Å²) in [4.78, 5) is 15.0. The van der Waals surface area contributed by atoms with Crippen molar-refractivity contribution in [3.63, 3.8) is 0 Å². The average Bonchev–Trinajstić information content (AvgIpc) is 3.09. The molecule has 0 radical (unpaired) electrons. The predicted molar refractivity (Wildman–Crippen MR) is 63.9 cm³/mol. The highest BCUT2D eigenvalue weighted by molar-refractivity contribution is 5.72. The van der Waals surface area contributed by atoms with Gasteiger partial charge in [-0.25, -0.2) is 0 Å². The highest BCUT2D eigenvalue weighted by atomic mass is 19.1. The van der Waals surface area contributed by atoms with Crippen LogP contribution < -0.4 is 11.1 Å². The molecule has 4 nitrogen and oxygen atoms in total. The van der Waals surface area contributed by atoms with Crippen molar-refractivity contribution in [3.8, 4) is 0 Å². The first-order valence-corrected chi connectivity index (χ1v) is 5.47. The second-order valence-electron chi connectivity index (χ2n) is 4.12. The minimum atomic E-state index is -0.202. The van der Waals surface area contributed by atoms with Gasteiger partial charge in [-0.15, -0.1) is 0 Å². The van der Waals surface area contributed by atoms with Crippen LogP contribution in [0.25, 0.3) is 0 Å². The molecule has 94 valence electrons. The minimum absolute atomic E-state index is 0.0257. The van der Waals surface area contributed by atoms with Gasteiger partial charge in [-0.05, 0) is 30.5 Å². The number of carbonyl (C=O) groups is 1. The van der Waals surface area contributed by atoms with E-state index in [-0.39, 0.29) is 11.4 Å². The van der Waals surface area contributed by atoms with Gasteiger partial charge in [-0.2, -0.15) is 0 Å². The number of rotatable bonds is 3. The lowest BCUT2D eigenvalue weighted by Gasteiger charge is -2.09. The number of amides is 1. The number of halogens is 1. The number of hydrogen-bond acceptors (Lipinski definition) is 3. The molecule has 0 spiro atoms. The Morgan fingerprint density at radius 2 is 2.24 bits per heavy atom. The molecule has 1 heterocycles. The lowest BCUT2D eigenvalue weighted by Crippen LogP contribution is -2.22. The van der Waals surface area contributed by atoms with E-state index in [1.165, 1.54) is 6.92 Å². The van der Waals surface area contributed by atoms with Gasteiger partial charge in [0.2, 0.25) is 5.91 Å². The Morgan fingerprint density at radius 3 is 2.76 bits per heavy atom. The number of nitrogens with two attached hydrogens (primary N) is 1. The Bertz CT molecular complexity index is 391. The van der Waals surface area contributed by atoms with Gasteiger partial charge in [-0.3, -0.25) is 14.2 Å². The van der Waals surface area contributed by atoms with E-state index < -0.39 is 0 Å². The topological polar surface area (TPSA) is 68.0 Å². The average molecular weight is 239 g/mol. The first kappa shape index (κ1) is 13.6. The van der Waals surface area contributed by atoms with Crippen LogP contribution in [-0.4, -0.2) is 18.1 Å². The van der Waals surface area contributed by atoms with Crippen molar-refractivity contribution in [2.45, 2.75) is 31.8 Å². The number of alkyl halides is 1. The number of hydrogen-bond donors (Lipinski definition) is 2. The first-order valence-electron chi connectivity index (χ1n) is 5.47. The quantitative estimate of drug-likeness (QED) is 0.834. The normalized spacial score (nSPS) is 15.5. The van der Waals surface area contributed by atoms with E-state index in [0.717, 1.165) is 24.1 Å². The molecule has 17 heavy (non-hydrogen) atoms. The molecule has 1 aliphatic rings. The van der Waals surface area contributed by atoms with Crippen molar-refractivity contribution in [1.29, 1.82) is 0 Å². The fourth-order valence-electron chi connectivity index (χ4n) is 1.47. The van der Waals surface area contributed by atoms with Crippen LogP contribution in [0.5, 0.6) is 0 Å². The monoisotopic (exact) mass is 239 g/mol. The Hall–Kier alpha value is -1.49. The summed E-state index contributed by atoms with van der Waals surface area (Å²) < 4.78 is 9.50. The maximum atomic E-state index is 10.8. The Labute approximate surface area is 100 Å². The van der Waals surface area contributed by atoms with Crippen molar-refractivity contribution in [3.05, 3.63) is 29.6 Å². The third-order valence-corrected chi connectivity index (χ3v) is 2.66. The van der Waals surface area contributed by atoms with Crippen LogP contribution in [-0.2, 0) is 16.9 Å². The van der Waals surface area contributed by atoms with Crippen LogP contribution in [0.2, 0.25) is 0 Å². The van der Waals surface area contributed by atoms with Gasteiger partial charge in [0.05, 0.1) is 18.4 Å². The molecule has 1 aromatic rings. The van der Waals surface area contributed by atoms with E-state index in [0.29, 0.717) is 13.7 Å². The van der Waals surface area contributed by atoms with Crippen LogP contribution in [0.3, 0.4) is 0 Å². The van der Waals surface area contributed by atoms with Crippen LogP contribution in [0.1, 0.15) is 31.0 Å². The Kier molecular flexibility index (Phi) is 4.57. The number of carbonyl (C=O) groups excluding carboxylic acids is 1. The van der Waals surface area contributed by atoms with Crippen molar-refractivity contribution in [1.82, 2.24) is 10.3 Å². The highest BCUT2D eigenvalue weighted by Crippen LogP contribution is 2.41. The SMILES string of the molecule is CC(=O)NCc1ccnc(C2(N)CC2)c1.CF. The summed E-state index contributed by atoms with van der Waals surface area (Å²) in [7, 11) is 0.500.